The quantitative estimate of drug-likeness (QED) is 0.816. The molecule has 0 bridgehead atoms. The first kappa shape index (κ1) is 13.4. The average molecular weight is 293 g/mol. The van der Waals surface area contributed by atoms with E-state index in [0.717, 1.165) is 18.9 Å². The zero-order valence-corrected chi connectivity index (χ0v) is 12.4. The van der Waals surface area contributed by atoms with Gasteiger partial charge in [0.1, 0.15) is 5.82 Å². The fourth-order valence-electron chi connectivity index (χ4n) is 2.23. The Kier molecular flexibility index (Phi) is 3.86. The van der Waals surface area contributed by atoms with Gasteiger partial charge in [-0.1, -0.05) is 0 Å². The molecule has 6 nitrogen and oxygen atoms in total. The monoisotopic (exact) mass is 293 g/mol. The van der Waals surface area contributed by atoms with Gasteiger partial charge in [-0.3, -0.25) is 0 Å². The highest BCUT2D eigenvalue weighted by Crippen LogP contribution is 2.23. The highest BCUT2D eigenvalue weighted by Gasteiger charge is 2.22. The number of nitrogens with zero attached hydrogens (tertiary/aromatic N) is 3. The van der Waals surface area contributed by atoms with E-state index >= 15 is 0 Å². The zero-order chi connectivity index (χ0) is 13.9. The summed E-state index contributed by atoms with van der Waals surface area (Å²) in [6.07, 6.45) is 4.77. The van der Waals surface area contributed by atoms with E-state index in [1.165, 1.54) is 25.7 Å². The van der Waals surface area contributed by atoms with Crippen LogP contribution >= 0.6 is 12.2 Å². The molecule has 108 valence electrons. The van der Waals surface area contributed by atoms with Crippen LogP contribution in [0.15, 0.2) is 6.07 Å². The Hall–Kier alpha value is -1.63. The lowest BCUT2D eigenvalue weighted by atomic mass is 10.4. The number of hydrogen-bond donors (Lipinski definition) is 2. The number of methoxy groups -OCH3 is 1. The van der Waals surface area contributed by atoms with Gasteiger partial charge in [-0.05, 0) is 37.9 Å². The third kappa shape index (κ3) is 3.27. The van der Waals surface area contributed by atoms with E-state index in [1.807, 2.05) is 6.07 Å². The molecule has 2 fully saturated rings. The summed E-state index contributed by atoms with van der Waals surface area (Å²) in [4.78, 5) is 11.1. The molecule has 2 heterocycles. The zero-order valence-electron chi connectivity index (χ0n) is 11.6. The van der Waals surface area contributed by atoms with Crippen LogP contribution in [0.1, 0.15) is 25.7 Å². The first-order valence-electron chi connectivity index (χ1n) is 7.00. The molecule has 1 saturated carbocycles. The maximum absolute atomic E-state index is 5.25. The van der Waals surface area contributed by atoms with Gasteiger partial charge in [0.25, 0.3) is 0 Å². The summed E-state index contributed by atoms with van der Waals surface area (Å²) < 4.78 is 5.25. The number of ether oxygens (including phenoxy) is 1. The van der Waals surface area contributed by atoms with Gasteiger partial charge < -0.3 is 20.3 Å². The van der Waals surface area contributed by atoms with Crippen LogP contribution in [0.5, 0.6) is 5.88 Å². The van der Waals surface area contributed by atoms with Crippen LogP contribution in [0.3, 0.4) is 0 Å². The van der Waals surface area contributed by atoms with Crippen molar-refractivity contribution >= 4 is 29.1 Å². The maximum Gasteiger partial charge on any atom is 0.234 e. The predicted octanol–water partition coefficient (Wildman–Crippen LogP) is 1.53. The van der Waals surface area contributed by atoms with Crippen molar-refractivity contribution in [3.63, 3.8) is 0 Å². The molecule has 1 aliphatic carbocycles. The van der Waals surface area contributed by atoms with Crippen LogP contribution in [-0.4, -0.2) is 41.3 Å². The molecule has 1 aromatic rings. The standard InChI is InChI=1S/C13H19N5OS/c1-19-11-8-10(18-6-2-3-7-18)15-12(16-11)17-13(20)14-9-4-5-9/h8-9H,2-7H2,1H3,(H2,14,15,16,17,20). The van der Waals surface area contributed by atoms with Crippen molar-refractivity contribution in [3.8, 4) is 5.88 Å². The van der Waals surface area contributed by atoms with Crippen molar-refractivity contribution in [2.75, 3.05) is 30.4 Å². The van der Waals surface area contributed by atoms with Gasteiger partial charge in [-0.2, -0.15) is 9.97 Å². The Morgan fingerprint density at radius 3 is 2.75 bits per heavy atom. The second-order valence-corrected chi connectivity index (χ2v) is 5.57. The van der Waals surface area contributed by atoms with Crippen molar-refractivity contribution in [1.82, 2.24) is 15.3 Å². The number of hydrogen-bond acceptors (Lipinski definition) is 5. The van der Waals surface area contributed by atoms with E-state index in [9.17, 15) is 0 Å². The Labute approximate surface area is 123 Å². The maximum atomic E-state index is 5.25. The van der Waals surface area contributed by atoms with Gasteiger partial charge in [-0.25, -0.2) is 0 Å². The predicted molar refractivity (Wildman–Crippen MR) is 82.4 cm³/mol. The van der Waals surface area contributed by atoms with Crippen molar-refractivity contribution in [1.29, 1.82) is 0 Å². The first-order valence-corrected chi connectivity index (χ1v) is 7.41. The van der Waals surface area contributed by atoms with E-state index in [1.54, 1.807) is 7.11 Å². The molecular formula is C13H19N5OS. The molecule has 3 rings (SSSR count). The molecule has 0 atom stereocenters. The number of rotatable bonds is 4. The number of anilines is 2. The summed E-state index contributed by atoms with van der Waals surface area (Å²) in [5.41, 5.74) is 0. The molecule has 2 N–H and O–H groups in total. The van der Waals surface area contributed by atoms with Gasteiger partial charge in [0, 0.05) is 25.2 Å². The third-order valence-electron chi connectivity index (χ3n) is 3.47. The second kappa shape index (κ2) is 5.78. The van der Waals surface area contributed by atoms with E-state index in [4.69, 9.17) is 17.0 Å². The Bertz CT molecular complexity index is 500. The summed E-state index contributed by atoms with van der Waals surface area (Å²) >= 11 is 5.25. The van der Waals surface area contributed by atoms with Crippen LogP contribution in [0.4, 0.5) is 11.8 Å². The molecule has 0 radical (unpaired) electrons. The fraction of sp³-hybridized carbons (Fsp3) is 0.615. The van der Waals surface area contributed by atoms with Crippen LogP contribution in [0, 0.1) is 0 Å². The normalized spacial score (nSPS) is 17.9. The van der Waals surface area contributed by atoms with Crippen molar-refractivity contribution in [2.45, 2.75) is 31.7 Å². The second-order valence-electron chi connectivity index (χ2n) is 5.16. The Morgan fingerprint density at radius 1 is 1.35 bits per heavy atom. The average Bonchev–Trinajstić information content (AvgIpc) is 3.08. The van der Waals surface area contributed by atoms with Crippen LogP contribution < -0.4 is 20.3 Å². The molecule has 2 aliphatic rings. The van der Waals surface area contributed by atoms with Crippen LogP contribution in [-0.2, 0) is 0 Å². The minimum atomic E-state index is 0.490. The highest BCUT2D eigenvalue weighted by molar-refractivity contribution is 7.80. The number of aromatic nitrogens is 2. The van der Waals surface area contributed by atoms with Gasteiger partial charge in [0.2, 0.25) is 11.8 Å². The smallest absolute Gasteiger partial charge is 0.234 e. The topological polar surface area (TPSA) is 62.3 Å². The molecule has 1 saturated heterocycles. The van der Waals surface area contributed by atoms with E-state index in [0.29, 0.717) is 23.0 Å². The van der Waals surface area contributed by atoms with Crippen molar-refractivity contribution in [3.05, 3.63) is 6.07 Å². The number of nitrogens with one attached hydrogen (secondary N) is 2. The highest BCUT2D eigenvalue weighted by atomic mass is 32.1. The first-order chi connectivity index (χ1) is 9.74. The van der Waals surface area contributed by atoms with Gasteiger partial charge in [0.15, 0.2) is 5.11 Å². The van der Waals surface area contributed by atoms with E-state index < -0.39 is 0 Å². The summed E-state index contributed by atoms with van der Waals surface area (Å²) in [6.45, 7) is 2.06. The Morgan fingerprint density at radius 2 is 2.10 bits per heavy atom. The lowest BCUT2D eigenvalue weighted by Gasteiger charge is -2.18. The lowest BCUT2D eigenvalue weighted by molar-refractivity contribution is 0.397. The molecule has 0 amide bonds. The molecule has 0 unspecified atom stereocenters. The van der Waals surface area contributed by atoms with Crippen molar-refractivity contribution < 1.29 is 4.74 Å². The molecule has 7 heteroatoms. The lowest BCUT2D eigenvalue weighted by Crippen LogP contribution is -2.31. The molecule has 0 spiro atoms. The fourth-order valence-corrected chi connectivity index (χ4v) is 2.49. The van der Waals surface area contributed by atoms with E-state index in [2.05, 4.69) is 25.5 Å². The van der Waals surface area contributed by atoms with Crippen LogP contribution in [0.25, 0.3) is 0 Å². The number of thiocarbonyl (C=S) groups is 1. The van der Waals surface area contributed by atoms with E-state index in [-0.39, 0.29) is 0 Å². The minimum Gasteiger partial charge on any atom is -0.481 e. The minimum absolute atomic E-state index is 0.490. The van der Waals surface area contributed by atoms with Gasteiger partial charge in [0.05, 0.1) is 7.11 Å². The molecule has 20 heavy (non-hydrogen) atoms. The molecule has 1 aliphatic heterocycles. The van der Waals surface area contributed by atoms with Gasteiger partial charge in [-0.15, -0.1) is 0 Å². The molecular weight excluding hydrogens is 274 g/mol. The third-order valence-corrected chi connectivity index (χ3v) is 3.69. The Balaban J connectivity index is 1.74. The SMILES string of the molecule is COc1cc(N2CCCC2)nc(NC(=S)NC2CC2)n1. The summed E-state index contributed by atoms with van der Waals surface area (Å²) in [7, 11) is 1.61. The van der Waals surface area contributed by atoms with Crippen molar-refractivity contribution in [2.24, 2.45) is 0 Å². The molecule has 1 aromatic heterocycles. The summed E-state index contributed by atoms with van der Waals surface area (Å²) in [6, 6.07) is 2.38. The molecule has 0 aromatic carbocycles. The summed E-state index contributed by atoms with van der Waals surface area (Å²) in [5, 5.41) is 6.83. The van der Waals surface area contributed by atoms with Crippen LogP contribution in [0.2, 0.25) is 0 Å². The largest absolute Gasteiger partial charge is 0.481 e. The summed E-state index contributed by atoms with van der Waals surface area (Å²) in [5.74, 6) is 1.94. The van der Waals surface area contributed by atoms with Gasteiger partial charge >= 0.3 is 0 Å².